The Morgan fingerprint density at radius 2 is 1.85 bits per heavy atom. The molecule has 0 amide bonds. The van der Waals surface area contributed by atoms with Crippen LogP contribution in [-0.2, 0) is 9.47 Å². The van der Waals surface area contributed by atoms with Crippen LogP contribution in [0, 0.1) is 0 Å². The monoisotopic (exact) mass is 297 g/mol. The fraction of sp³-hybridized carbons (Fsp3) is 0.533. The van der Waals surface area contributed by atoms with E-state index in [2.05, 4.69) is 0 Å². The third-order valence-corrected chi connectivity index (χ3v) is 2.61. The minimum absolute atomic E-state index is 0.124. The minimum atomic E-state index is -0.124. The van der Waals surface area contributed by atoms with Gasteiger partial charge in [-0.05, 0) is 32.9 Å². The second-order valence-corrected chi connectivity index (χ2v) is 5.75. The summed E-state index contributed by atoms with van der Waals surface area (Å²) < 4.78 is 16.5. The first-order valence-electron chi connectivity index (χ1n) is 6.63. The molecule has 0 spiro atoms. The molecule has 5 heteroatoms. The first-order valence-corrected chi connectivity index (χ1v) is 7.04. The van der Waals surface area contributed by atoms with Crippen LogP contribution in [-0.4, -0.2) is 37.0 Å². The van der Waals surface area contributed by atoms with E-state index >= 15 is 0 Å². The molecular formula is C15H23NO3S. The average Bonchev–Trinajstić information content (AvgIpc) is 2.36. The van der Waals surface area contributed by atoms with Crippen molar-refractivity contribution in [1.82, 2.24) is 0 Å². The van der Waals surface area contributed by atoms with Gasteiger partial charge in [0.15, 0.2) is 0 Å². The van der Waals surface area contributed by atoms with Gasteiger partial charge in [0.2, 0.25) is 0 Å². The maximum atomic E-state index is 5.56. The summed E-state index contributed by atoms with van der Waals surface area (Å²) in [4.78, 5) is 0.367. The van der Waals surface area contributed by atoms with Crippen LogP contribution in [0.2, 0.25) is 0 Å². The predicted octanol–water partition coefficient (Wildman–Crippen LogP) is 2.53. The Bertz CT molecular complexity index is 429. The van der Waals surface area contributed by atoms with Crippen molar-refractivity contribution in [3.8, 4) is 5.75 Å². The predicted molar refractivity (Wildman–Crippen MR) is 84.3 cm³/mol. The standard InChI is InChI=1S/C15H23NO3S/c1-15(2,3)19-10-8-17-7-9-18-13-6-4-5-12(11-13)14(16)20/h4-6,11H,7-10H2,1-3H3,(H2,16,20). The molecule has 0 atom stereocenters. The third-order valence-electron chi connectivity index (χ3n) is 2.38. The van der Waals surface area contributed by atoms with Gasteiger partial charge in [-0.2, -0.15) is 0 Å². The summed E-state index contributed by atoms with van der Waals surface area (Å²) in [6.45, 7) is 8.20. The van der Waals surface area contributed by atoms with Gasteiger partial charge in [0.1, 0.15) is 17.3 Å². The van der Waals surface area contributed by atoms with Crippen LogP contribution in [0.1, 0.15) is 26.3 Å². The van der Waals surface area contributed by atoms with Crippen LogP contribution in [0.4, 0.5) is 0 Å². The van der Waals surface area contributed by atoms with Gasteiger partial charge >= 0.3 is 0 Å². The topological polar surface area (TPSA) is 53.7 Å². The van der Waals surface area contributed by atoms with E-state index in [0.29, 0.717) is 31.4 Å². The van der Waals surface area contributed by atoms with E-state index in [-0.39, 0.29) is 5.60 Å². The fourth-order valence-corrected chi connectivity index (χ4v) is 1.59. The molecule has 0 aliphatic carbocycles. The largest absolute Gasteiger partial charge is 0.491 e. The Labute approximate surface area is 126 Å². The summed E-state index contributed by atoms with van der Waals surface area (Å²) in [6.07, 6.45) is 0. The van der Waals surface area contributed by atoms with Crippen LogP contribution in [0.5, 0.6) is 5.75 Å². The van der Waals surface area contributed by atoms with E-state index in [9.17, 15) is 0 Å². The Morgan fingerprint density at radius 3 is 2.50 bits per heavy atom. The molecule has 0 radical (unpaired) electrons. The van der Waals surface area contributed by atoms with E-state index in [4.69, 9.17) is 32.2 Å². The number of nitrogens with two attached hydrogens (primary N) is 1. The van der Waals surface area contributed by atoms with E-state index in [1.54, 1.807) is 0 Å². The molecule has 2 N–H and O–H groups in total. The second kappa shape index (κ2) is 8.19. The first kappa shape index (κ1) is 16.9. The van der Waals surface area contributed by atoms with Crippen molar-refractivity contribution in [2.24, 2.45) is 5.73 Å². The van der Waals surface area contributed by atoms with E-state index in [1.165, 1.54) is 0 Å². The highest BCUT2D eigenvalue weighted by atomic mass is 32.1. The van der Waals surface area contributed by atoms with Crippen LogP contribution < -0.4 is 10.5 Å². The second-order valence-electron chi connectivity index (χ2n) is 5.31. The molecule has 0 aliphatic heterocycles. The van der Waals surface area contributed by atoms with Crippen molar-refractivity contribution >= 4 is 17.2 Å². The van der Waals surface area contributed by atoms with Gasteiger partial charge in [-0.1, -0.05) is 24.4 Å². The highest BCUT2D eigenvalue weighted by Crippen LogP contribution is 2.13. The molecular weight excluding hydrogens is 274 g/mol. The maximum Gasteiger partial charge on any atom is 0.120 e. The smallest absolute Gasteiger partial charge is 0.120 e. The summed E-state index contributed by atoms with van der Waals surface area (Å²) in [7, 11) is 0. The summed E-state index contributed by atoms with van der Waals surface area (Å²) in [5.41, 5.74) is 6.24. The molecule has 0 saturated carbocycles. The van der Waals surface area contributed by atoms with Crippen molar-refractivity contribution in [1.29, 1.82) is 0 Å². The quantitative estimate of drug-likeness (QED) is 0.590. The van der Waals surface area contributed by atoms with E-state index in [1.807, 2.05) is 45.0 Å². The normalized spacial score (nSPS) is 11.3. The molecule has 0 aliphatic rings. The molecule has 1 aromatic rings. The Kier molecular flexibility index (Phi) is 6.91. The zero-order chi connectivity index (χ0) is 15.0. The molecule has 0 bridgehead atoms. The first-order chi connectivity index (χ1) is 9.38. The van der Waals surface area contributed by atoms with Gasteiger partial charge in [-0.3, -0.25) is 0 Å². The van der Waals surface area contributed by atoms with E-state index < -0.39 is 0 Å². The molecule has 112 valence electrons. The van der Waals surface area contributed by atoms with Gasteiger partial charge in [-0.15, -0.1) is 0 Å². The number of benzene rings is 1. The molecule has 4 nitrogen and oxygen atoms in total. The lowest BCUT2D eigenvalue weighted by molar-refractivity contribution is -0.0375. The minimum Gasteiger partial charge on any atom is -0.491 e. The number of hydrogen-bond donors (Lipinski definition) is 1. The Balaban J connectivity index is 2.15. The highest BCUT2D eigenvalue weighted by molar-refractivity contribution is 7.80. The van der Waals surface area contributed by atoms with Crippen molar-refractivity contribution in [3.63, 3.8) is 0 Å². The maximum absolute atomic E-state index is 5.56. The van der Waals surface area contributed by atoms with Gasteiger partial charge < -0.3 is 19.9 Å². The van der Waals surface area contributed by atoms with Gasteiger partial charge in [-0.25, -0.2) is 0 Å². The van der Waals surface area contributed by atoms with Crippen LogP contribution >= 0.6 is 12.2 Å². The number of ether oxygens (including phenoxy) is 3. The van der Waals surface area contributed by atoms with E-state index in [0.717, 1.165) is 11.3 Å². The van der Waals surface area contributed by atoms with Gasteiger partial charge in [0, 0.05) is 5.56 Å². The van der Waals surface area contributed by atoms with Crippen molar-refractivity contribution < 1.29 is 14.2 Å². The molecule has 1 rings (SSSR count). The van der Waals surface area contributed by atoms with Crippen LogP contribution in [0.3, 0.4) is 0 Å². The molecule has 0 aromatic heterocycles. The molecule has 0 unspecified atom stereocenters. The summed E-state index contributed by atoms with van der Waals surface area (Å²) >= 11 is 4.92. The van der Waals surface area contributed by atoms with Crippen molar-refractivity contribution in [2.45, 2.75) is 26.4 Å². The number of hydrogen-bond acceptors (Lipinski definition) is 4. The fourth-order valence-electron chi connectivity index (χ4n) is 1.47. The Hall–Kier alpha value is -1.17. The molecule has 0 fully saturated rings. The molecule has 20 heavy (non-hydrogen) atoms. The summed E-state index contributed by atoms with van der Waals surface area (Å²) in [6, 6.07) is 7.41. The lowest BCUT2D eigenvalue weighted by Gasteiger charge is -2.19. The third kappa shape index (κ3) is 7.43. The molecule has 0 saturated heterocycles. The zero-order valence-electron chi connectivity index (χ0n) is 12.3. The van der Waals surface area contributed by atoms with Crippen molar-refractivity contribution in [3.05, 3.63) is 29.8 Å². The lowest BCUT2D eigenvalue weighted by Crippen LogP contribution is -2.22. The summed E-state index contributed by atoms with van der Waals surface area (Å²) in [5.74, 6) is 0.741. The average molecular weight is 297 g/mol. The number of rotatable bonds is 8. The van der Waals surface area contributed by atoms with Gasteiger partial charge in [0.25, 0.3) is 0 Å². The highest BCUT2D eigenvalue weighted by Gasteiger charge is 2.08. The Morgan fingerprint density at radius 1 is 1.15 bits per heavy atom. The SMILES string of the molecule is CC(C)(C)OCCOCCOc1cccc(C(N)=S)c1. The summed E-state index contributed by atoms with van der Waals surface area (Å²) in [5, 5.41) is 0. The zero-order valence-corrected chi connectivity index (χ0v) is 13.2. The van der Waals surface area contributed by atoms with Crippen LogP contribution in [0.25, 0.3) is 0 Å². The van der Waals surface area contributed by atoms with Crippen molar-refractivity contribution in [2.75, 3.05) is 26.4 Å². The number of thiocarbonyl (C=S) groups is 1. The van der Waals surface area contributed by atoms with Gasteiger partial charge in [0.05, 0.1) is 25.4 Å². The molecule has 1 aromatic carbocycles. The molecule has 0 heterocycles. The lowest BCUT2D eigenvalue weighted by atomic mass is 10.2. The van der Waals surface area contributed by atoms with Crippen LogP contribution in [0.15, 0.2) is 24.3 Å².